The fourth-order valence-electron chi connectivity index (χ4n) is 0.755. The molecule has 1 unspecified atom stereocenters. The van der Waals surface area contributed by atoms with Gasteiger partial charge in [-0.3, -0.25) is 10.1 Å². The third kappa shape index (κ3) is 2.19. The molecular formula is C6H6F2N2O2S. The molecule has 0 saturated heterocycles. The van der Waals surface area contributed by atoms with Crippen molar-refractivity contribution >= 4 is 16.3 Å². The number of hydrogen-bond acceptors (Lipinski definition) is 4. The van der Waals surface area contributed by atoms with Gasteiger partial charge in [-0.15, -0.1) is 0 Å². The van der Waals surface area contributed by atoms with E-state index in [9.17, 15) is 18.9 Å². The number of halogens is 2. The lowest BCUT2D eigenvalue weighted by molar-refractivity contribution is -0.380. The Hall–Kier alpha value is -1.08. The fourth-order valence-corrected chi connectivity index (χ4v) is 1.53. The SMILES string of the molecule is NC(c1csc([N+](=O)[O-])c1)C(F)F. The molecule has 1 heterocycles. The quantitative estimate of drug-likeness (QED) is 0.609. The van der Waals surface area contributed by atoms with Crippen molar-refractivity contribution in [3.63, 3.8) is 0 Å². The zero-order valence-corrected chi connectivity index (χ0v) is 7.13. The van der Waals surface area contributed by atoms with Gasteiger partial charge in [-0.25, -0.2) is 8.78 Å². The predicted octanol–water partition coefficient (Wildman–Crippen LogP) is 1.92. The molecule has 0 radical (unpaired) electrons. The molecule has 0 bridgehead atoms. The van der Waals surface area contributed by atoms with E-state index in [4.69, 9.17) is 5.73 Å². The Kier molecular flexibility index (Phi) is 2.89. The van der Waals surface area contributed by atoms with Crippen LogP contribution in [-0.4, -0.2) is 11.3 Å². The summed E-state index contributed by atoms with van der Waals surface area (Å²) >= 11 is 0.791. The zero-order valence-electron chi connectivity index (χ0n) is 6.31. The van der Waals surface area contributed by atoms with Gasteiger partial charge in [-0.05, 0) is 5.56 Å². The van der Waals surface area contributed by atoms with Gasteiger partial charge in [0.1, 0.15) is 0 Å². The molecule has 1 rings (SSSR count). The number of nitrogens with zero attached hydrogens (tertiary/aromatic N) is 1. The van der Waals surface area contributed by atoms with Gasteiger partial charge in [0.05, 0.1) is 11.0 Å². The highest BCUT2D eigenvalue weighted by atomic mass is 32.1. The Morgan fingerprint density at radius 1 is 1.62 bits per heavy atom. The molecule has 0 aromatic carbocycles. The molecule has 2 N–H and O–H groups in total. The highest BCUT2D eigenvalue weighted by Gasteiger charge is 2.21. The van der Waals surface area contributed by atoms with E-state index in [1.54, 1.807) is 0 Å². The van der Waals surface area contributed by atoms with Gasteiger partial charge in [0.25, 0.3) is 6.43 Å². The Morgan fingerprint density at radius 2 is 2.23 bits per heavy atom. The maximum absolute atomic E-state index is 12.0. The van der Waals surface area contributed by atoms with E-state index >= 15 is 0 Å². The second-order valence-corrected chi connectivity index (χ2v) is 3.23. The van der Waals surface area contributed by atoms with Crippen LogP contribution in [0.25, 0.3) is 0 Å². The molecule has 7 heteroatoms. The highest BCUT2D eigenvalue weighted by molar-refractivity contribution is 7.13. The largest absolute Gasteiger partial charge is 0.324 e. The van der Waals surface area contributed by atoms with Crippen molar-refractivity contribution in [2.45, 2.75) is 12.5 Å². The number of alkyl halides is 2. The summed E-state index contributed by atoms with van der Waals surface area (Å²) in [5.41, 5.74) is 5.19. The summed E-state index contributed by atoms with van der Waals surface area (Å²) < 4.78 is 24.1. The molecular weight excluding hydrogens is 202 g/mol. The molecule has 0 aliphatic carbocycles. The molecule has 0 saturated carbocycles. The maximum Gasteiger partial charge on any atom is 0.324 e. The summed E-state index contributed by atoms with van der Waals surface area (Å²) in [7, 11) is 0. The van der Waals surface area contributed by atoms with Crippen LogP contribution >= 0.6 is 11.3 Å². The lowest BCUT2D eigenvalue weighted by Gasteiger charge is -2.06. The Bertz CT molecular complexity index is 315. The molecule has 13 heavy (non-hydrogen) atoms. The van der Waals surface area contributed by atoms with Crippen molar-refractivity contribution in [3.8, 4) is 0 Å². The Labute approximate surface area is 76.1 Å². The van der Waals surface area contributed by atoms with Gasteiger partial charge < -0.3 is 5.73 Å². The number of nitro groups is 1. The van der Waals surface area contributed by atoms with Crippen LogP contribution in [0, 0.1) is 10.1 Å². The monoisotopic (exact) mass is 208 g/mol. The van der Waals surface area contributed by atoms with E-state index in [1.807, 2.05) is 0 Å². The number of hydrogen-bond donors (Lipinski definition) is 1. The number of thiophene rings is 1. The van der Waals surface area contributed by atoms with Crippen molar-refractivity contribution in [2.75, 3.05) is 0 Å². The Balaban J connectivity index is 2.85. The highest BCUT2D eigenvalue weighted by Crippen LogP contribution is 2.28. The smallest absolute Gasteiger partial charge is 0.319 e. The summed E-state index contributed by atoms with van der Waals surface area (Å²) in [6.07, 6.45) is -2.70. The minimum absolute atomic E-state index is 0.103. The van der Waals surface area contributed by atoms with Crippen LogP contribution < -0.4 is 5.73 Å². The second kappa shape index (κ2) is 3.75. The van der Waals surface area contributed by atoms with Crippen LogP contribution in [-0.2, 0) is 0 Å². The summed E-state index contributed by atoms with van der Waals surface area (Å²) in [5, 5.41) is 11.3. The molecule has 1 aromatic heterocycles. The lowest BCUT2D eigenvalue weighted by Crippen LogP contribution is -2.17. The maximum atomic E-state index is 12.0. The van der Waals surface area contributed by atoms with Crippen LogP contribution in [0.5, 0.6) is 0 Å². The molecule has 1 atom stereocenters. The van der Waals surface area contributed by atoms with Crippen LogP contribution in [0.15, 0.2) is 11.4 Å². The Morgan fingerprint density at radius 3 is 2.62 bits per heavy atom. The van der Waals surface area contributed by atoms with Crippen molar-refractivity contribution in [2.24, 2.45) is 5.73 Å². The number of nitrogens with two attached hydrogens (primary N) is 1. The first-order valence-electron chi connectivity index (χ1n) is 3.29. The van der Waals surface area contributed by atoms with Gasteiger partial charge in [0.2, 0.25) is 0 Å². The topological polar surface area (TPSA) is 69.2 Å². The lowest BCUT2D eigenvalue weighted by atomic mass is 10.2. The van der Waals surface area contributed by atoms with Crippen molar-refractivity contribution in [1.82, 2.24) is 0 Å². The van der Waals surface area contributed by atoms with Crippen molar-refractivity contribution in [3.05, 3.63) is 27.1 Å². The number of rotatable bonds is 3. The average Bonchev–Trinajstić information content (AvgIpc) is 2.50. The second-order valence-electron chi connectivity index (χ2n) is 2.34. The summed E-state index contributed by atoms with van der Waals surface area (Å²) in [6.45, 7) is 0. The molecule has 0 aliphatic heterocycles. The summed E-state index contributed by atoms with van der Waals surface area (Å²) in [5.74, 6) is 0. The van der Waals surface area contributed by atoms with E-state index in [2.05, 4.69) is 0 Å². The van der Waals surface area contributed by atoms with E-state index in [-0.39, 0.29) is 10.6 Å². The van der Waals surface area contributed by atoms with E-state index < -0.39 is 17.4 Å². The predicted molar refractivity (Wildman–Crippen MR) is 43.9 cm³/mol. The third-order valence-corrected chi connectivity index (χ3v) is 2.34. The first-order chi connectivity index (χ1) is 6.02. The summed E-state index contributed by atoms with van der Waals surface area (Å²) in [6, 6.07) is -0.369. The van der Waals surface area contributed by atoms with Gasteiger partial charge in [0.15, 0.2) is 0 Å². The zero-order chi connectivity index (χ0) is 10.0. The van der Waals surface area contributed by atoms with E-state index in [1.165, 1.54) is 5.38 Å². The standard InChI is InChI=1S/C6H6F2N2O2S/c7-6(8)5(9)3-1-4(10(11)12)13-2-3/h1-2,5-6H,9H2. The first kappa shape index (κ1) is 10.0. The molecule has 0 fully saturated rings. The summed E-state index contributed by atoms with van der Waals surface area (Å²) in [4.78, 5) is 9.56. The van der Waals surface area contributed by atoms with Crippen molar-refractivity contribution in [1.29, 1.82) is 0 Å². The molecule has 72 valence electrons. The van der Waals surface area contributed by atoms with Crippen molar-refractivity contribution < 1.29 is 13.7 Å². The van der Waals surface area contributed by atoms with Crippen LogP contribution in [0.4, 0.5) is 13.8 Å². The minimum atomic E-state index is -2.70. The average molecular weight is 208 g/mol. The van der Waals surface area contributed by atoms with Crippen LogP contribution in [0.1, 0.15) is 11.6 Å². The van der Waals surface area contributed by atoms with Gasteiger partial charge in [0, 0.05) is 11.4 Å². The fraction of sp³-hybridized carbons (Fsp3) is 0.333. The third-order valence-electron chi connectivity index (χ3n) is 1.44. The normalized spacial score (nSPS) is 13.2. The van der Waals surface area contributed by atoms with Gasteiger partial charge in [-0.2, -0.15) is 0 Å². The molecule has 0 spiro atoms. The first-order valence-corrected chi connectivity index (χ1v) is 4.17. The molecule has 0 aliphatic rings. The van der Waals surface area contributed by atoms with Crippen LogP contribution in [0.2, 0.25) is 0 Å². The molecule has 1 aromatic rings. The van der Waals surface area contributed by atoms with Gasteiger partial charge in [-0.1, -0.05) is 11.3 Å². The van der Waals surface area contributed by atoms with E-state index in [0.29, 0.717) is 0 Å². The van der Waals surface area contributed by atoms with Gasteiger partial charge >= 0.3 is 5.00 Å². The van der Waals surface area contributed by atoms with E-state index in [0.717, 1.165) is 17.4 Å². The minimum Gasteiger partial charge on any atom is -0.319 e. The van der Waals surface area contributed by atoms with Crippen LogP contribution in [0.3, 0.4) is 0 Å². The molecule has 0 amide bonds. The molecule has 4 nitrogen and oxygen atoms in total.